The molecule has 0 saturated heterocycles. The SMILES string of the molecule is [CH2][C@@H]1C[C@@H](Nc2ncncc2C(=O)c2ccn(Cc3ccccc3C#N)n2)[C@H](O)[C@@H]1O. The number of hydrogen-bond donors (Lipinski definition) is 3. The maximum absolute atomic E-state index is 13.1. The maximum atomic E-state index is 13.1. The van der Waals surface area contributed by atoms with Crippen molar-refractivity contribution in [3.63, 3.8) is 0 Å². The fraction of sp³-hybridized carbons (Fsp3) is 0.273. The van der Waals surface area contributed by atoms with Gasteiger partial charge in [0.25, 0.3) is 0 Å². The molecule has 9 nitrogen and oxygen atoms in total. The molecule has 0 spiro atoms. The van der Waals surface area contributed by atoms with Gasteiger partial charge in [0.1, 0.15) is 23.9 Å². The summed E-state index contributed by atoms with van der Waals surface area (Å²) < 4.78 is 1.59. The number of nitrogens with zero attached hydrogens (tertiary/aromatic N) is 5. The molecule has 1 radical (unpaired) electrons. The molecule has 31 heavy (non-hydrogen) atoms. The summed E-state index contributed by atoms with van der Waals surface area (Å²) in [6, 6.07) is 10.5. The average molecular weight is 417 g/mol. The molecule has 0 aliphatic heterocycles. The fourth-order valence-electron chi connectivity index (χ4n) is 3.70. The number of nitrogens with one attached hydrogen (secondary N) is 1. The number of anilines is 1. The first-order chi connectivity index (χ1) is 15.0. The lowest BCUT2D eigenvalue weighted by Crippen LogP contribution is -2.35. The molecule has 0 amide bonds. The number of carbonyl (C=O) groups excluding carboxylic acids is 1. The second-order valence-electron chi connectivity index (χ2n) is 7.51. The van der Waals surface area contributed by atoms with Gasteiger partial charge in [-0.15, -0.1) is 0 Å². The van der Waals surface area contributed by atoms with Gasteiger partial charge in [-0.25, -0.2) is 9.97 Å². The van der Waals surface area contributed by atoms with Crippen molar-refractivity contribution in [2.45, 2.75) is 31.2 Å². The number of aliphatic hydroxyl groups excluding tert-OH is 2. The van der Waals surface area contributed by atoms with Crippen LogP contribution in [0.25, 0.3) is 0 Å². The molecule has 9 heteroatoms. The first-order valence-electron chi connectivity index (χ1n) is 9.80. The lowest BCUT2D eigenvalue weighted by atomic mass is 10.1. The molecule has 3 aromatic rings. The Bertz CT molecular complexity index is 1140. The van der Waals surface area contributed by atoms with Gasteiger partial charge in [-0.1, -0.05) is 18.2 Å². The smallest absolute Gasteiger partial charge is 0.218 e. The number of carbonyl (C=O) groups is 1. The van der Waals surface area contributed by atoms with E-state index in [0.717, 1.165) is 5.56 Å². The normalized spacial score (nSPS) is 22.8. The number of nitriles is 1. The van der Waals surface area contributed by atoms with Crippen LogP contribution in [0.4, 0.5) is 5.82 Å². The van der Waals surface area contributed by atoms with Crippen LogP contribution in [0.3, 0.4) is 0 Å². The van der Waals surface area contributed by atoms with Crippen LogP contribution >= 0.6 is 0 Å². The minimum absolute atomic E-state index is 0.203. The van der Waals surface area contributed by atoms with Gasteiger partial charge < -0.3 is 15.5 Å². The van der Waals surface area contributed by atoms with E-state index in [-0.39, 0.29) is 28.8 Å². The molecule has 3 N–H and O–H groups in total. The van der Waals surface area contributed by atoms with Gasteiger partial charge >= 0.3 is 0 Å². The maximum Gasteiger partial charge on any atom is 0.218 e. The van der Waals surface area contributed by atoms with Gasteiger partial charge in [0, 0.05) is 12.4 Å². The Labute approximate surface area is 179 Å². The van der Waals surface area contributed by atoms with Crippen molar-refractivity contribution in [1.29, 1.82) is 5.26 Å². The van der Waals surface area contributed by atoms with Crippen LogP contribution in [0, 0.1) is 24.2 Å². The summed E-state index contributed by atoms with van der Waals surface area (Å²) in [5.41, 5.74) is 1.76. The van der Waals surface area contributed by atoms with E-state index in [1.165, 1.54) is 12.5 Å². The second kappa shape index (κ2) is 8.63. The minimum Gasteiger partial charge on any atom is -0.390 e. The molecule has 0 bridgehead atoms. The van der Waals surface area contributed by atoms with Crippen molar-refractivity contribution in [3.8, 4) is 6.07 Å². The Hall–Kier alpha value is -3.61. The van der Waals surface area contributed by atoms with Crippen LogP contribution < -0.4 is 5.32 Å². The minimum atomic E-state index is -1.01. The number of benzene rings is 1. The third-order valence-corrected chi connectivity index (χ3v) is 5.42. The van der Waals surface area contributed by atoms with Crippen LogP contribution in [0.5, 0.6) is 0 Å². The summed E-state index contributed by atoms with van der Waals surface area (Å²) in [6.45, 7) is 4.18. The molecule has 1 saturated carbocycles. The number of hydrogen-bond acceptors (Lipinski definition) is 8. The second-order valence-corrected chi connectivity index (χ2v) is 7.51. The zero-order valence-corrected chi connectivity index (χ0v) is 16.6. The first kappa shape index (κ1) is 20.7. The predicted molar refractivity (Wildman–Crippen MR) is 111 cm³/mol. The highest BCUT2D eigenvalue weighted by Crippen LogP contribution is 2.29. The number of aliphatic hydroxyl groups is 2. The summed E-state index contributed by atoms with van der Waals surface area (Å²) in [6.07, 6.45) is 2.84. The summed E-state index contributed by atoms with van der Waals surface area (Å²) in [7, 11) is 0. The van der Waals surface area contributed by atoms with E-state index in [1.54, 1.807) is 29.1 Å². The van der Waals surface area contributed by atoms with E-state index in [4.69, 9.17) is 0 Å². The largest absolute Gasteiger partial charge is 0.390 e. The summed E-state index contributed by atoms with van der Waals surface area (Å²) in [5, 5.41) is 36.8. The number of aromatic nitrogens is 4. The highest BCUT2D eigenvalue weighted by Gasteiger charge is 2.39. The van der Waals surface area contributed by atoms with E-state index in [2.05, 4.69) is 33.4 Å². The number of ketones is 1. The van der Waals surface area contributed by atoms with E-state index in [1.807, 2.05) is 12.1 Å². The fourth-order valence-corrected chi connectivity index (χ4v) is 3.70. The molecule has 4 atom stereocenters. The van der Waals surface area contributed by atoms with Crippen LogP contribution in [-0.2, 0) is 6.54 Å². The van der Waals surface area contributed by atoms with Crippen LogP contribution in [0.15, 0.2) is 49.1 Å². The van der Waals surface area contributed by atoms with Crippen molar-refractivity contribution < 1.29 is 15.0 Å². The van der Waals surface area contributed by atoms with Crippen molar-refractivity contribution in [1.82, 2.24) is 19.7 Å². The lowest BCUT2D eigenvalue weighted by Gasteiger charge is -2.19. The Balaban J connectivity index is 1.54. The molecule has 1 aliphatic rings. The summed E-state index contributed by atoms with van der Waals surface area (Å²) in [5.74, 6) is -0.440. The highest BCUT2D eigenvalue weighted by atomic mass is 16.3. The molecule has 1 aromatic carbocycles. The summed E-state index contributed by atoms with van der Waals surface area (Å²) in [4.78, 5) is 21.2. The molecular weight excluding hydrogens is 396 g/mol. The van der Waals surface area contributed by atoms with E-state index in [0.29, 0.717) is 18.5 Å². The highest BCUT2D eigenvalue weighted by molar-refractivity contribution is 6.10. The van der Waals surface area contributed by atoms with Gasteiger partial charge in [0.2, 0.25) is 5.78 Å². The van der Waals surface area contributed by atoms with Gasteiger partial charge in [-0.2, -0.15) is 10.4 Å². The van der Waals surface area contributed by atoms with Crippen molar-refractivity contribution in [3.05, 3.63) is 78.4 Å². The van der Waals surface area contributed by atoms with Crippen LogP contribution in [0.1, 0.15) is 33.6 Å². The zero-order valence-electron chi connectivity index (χ0n) is 16.6. The van der Waals surface area contributed by atoms with Gasteiger partial charge in [-0.05, 0) is 37.0 Å². The molecule has 1 aliphatic carbocycles. The lowest BCUT2D eigenvalue weighted by molar-refractivity contribution is 0.0256. The quantitative estimate of drug-likeness (QED) is 0.509. The molecular formula is C22H21N6O3. The molecule has 1 fully saturated rings. The van der Waals surface area contributed by atoms with E-state index >= 15 is 0 Å². The van der Waals surface area contributed by atoms with Crippen LogP contribution in [-0.4, -0.2) is 54.0 Å². The molecule has 0 unspecified atom stereocenters. The number of rotatable bonds is 6. The van der Waals surface area contributed by atoms with Gasteiger partial charge in [0.15, 0.2) is 0 Å². The topological polar surface area (TPSA) is 137 Å². The predicted octanol–water partition coefficient (Wildman–Crippen LogP) is 1.18. The monoisotopic (exact) mass is 417 g/mol. The Morgan fingerprint density at radius 3 is 2.84 bits per heavy atom. The van der Waals surface area contributed by atoms with Gasteiger partial charge in [0.05, 0.1) is 35.9 Å². The van der Waals surface area contributed by atoms with Crippen molar-refractivity contribution in [2.24, 2.45) is 5.92 Å². The van der Waals surface area contributed by atoms with Crippen molar-refractivity contribution >= 4 is 11.6 Å². The summed E-state index contributed by atoms with van der Waals surface area (Å²) >= 11 is 0. The standard InChI is InChI=1S/C22H21N6O3/c1-13-8-18(21(31)19(13)29)26-22-16(10-24-12-25-22)20(30)17-6-7-28(27-17)11-15-5-3-2-4-14(15)9-23/h2-7,10,12-13,18-19,21,29,31H,1,8,11H2,(H,24,25,26)/t13-,18-,19-,21+/m1/s1. The Kier molecular flexibility index (Phi) is 5.75. The Morgan fingerprint density at radius 2 is 2.10 bits per heavy atom. The third-order valence-electron chi connectivity index (χ3n) is 5.42. The van der Waals surface area contributed by atoms with Gasteiger partial charge in [-0.3, -0.25) is 9.48 Å². The first-order valence-corrected chi connectivity index (χ1v) is 9.80. The Morgan fingerprint density at radius 1 is 1.29 bits per heavy atom. The van der Waals surface area contributed by atoms with Crippen molar-refractivity contribution in [2.75, 3.05) is 5.32 Å². The van der Waals surface area contributed by atoms with E-state index in [9.17, 15) is 20.3 Å². The van der Waals surface area contributed by atoms with Crippen LogP contribution in [0.2, 0.25) is 0 Å². The van der Waals surface area contributed by atoms with E-state index < -0.39 is 18.2 Å². The molecule has 157 valence electrons. The zero-order chi connectivity index (χ0) is 22.0. The average Bonchev–Trinajstić information content (AvgIpc) is 3.34. The molecule has 2 heterocycles. The molecule has 4 rings (SSSR count). The molecule has 2 aromatic heterocycles. The third kappa shape index (κ3) is 4.17.